The number of carboxylic acid groups (broad SMARTS) is 1. The number of hydrogen-bond acceptors (Lipinski definition) is 2. The third-order valence-electron chi connectivity index (χ3n) is 3.28. The first-order valence-electron chi connectivity index (χ1n) is 7.35. The second-order valence-corrected chi connectivity index (χ2v) is 5.37. The van der Waals surface area contributed by atoms with Gasteiger partial charge < -0.3 is 15.7 Å². The Morgan fingerprint density at radius 1 is 1.24 bits per heavy atom. The molecule has 0 fully saturated rings. The van der Waals surface area contributed by atoms with Gasteiger partial charge in [0.2, 0.25) is 0 Å². The summed E-state index contributed by atoms with van der Waals surface area (Å²) in [6.07, 6.45) is 2.09. The molecule has 2 amide bonds. The van der Waals surface area contributed by atoms with E-state index in [0.717, 1.165) is 18.4 Å². The summed E-state index contributed by atoms with van der Waals surface area (Å²) in [5.41, 5.74) is 1.73. The second kappa shape index (κ2) is 8.29. The highest BCUT2D eigenvalue weighted by molar-refractivity contribution is 5.92. The molecule has 1 rings (SSSR count). The van der Waals surface area contributed by atoms with Gasteiger partial charge in [-0.2, -0.15) is 0 Å². The van der Waals surface area contributed by atoms with Crippen molar-refractivity contribution in [1.29, 1.82) is 0 Å². The van der Waals surface area contributed by atoms with Crippen molar-refractivity contribution in [3.8, 4) is 0 Å². The molecule has 0 aliphatic heterocycles. The van der Waals surface area contributed by atoms with Crippen molar-refractivity contribution in [3.05, 3.63) is 29.8 Å². The highest BCUT2D eigenvalue weighted by Gasteiger charge is 2.19. The first-order chi connectivity index (χ1) is 9.95. The fourth-order valence-corrected chi connectivity index (χ4v) is 2.10. The van der Waals surface area contributed by atoms with Crippen LogP contribution in [0, 0.1) is 0 Å². The van der Waals surface area contributed by atoms with E-state index in [9.17, 15) is 9.59 Å². The van der Waals surface area contributed by atoms with Crippen molar-refractivity contribution >= 4 is 17.7 Å². The lowest BCUT2D eigenvalue weighted by atomic mass is 10.0. The molecular weight excluding hydrogens is 268 g/mol. The fourth-order valence-electron chi connectivity index (χ4n) is 2.10. The van der Waals surface area contributed by atoms with Crippen LogP contribution >= 0.6 is 0 Å². The lowest BCUT2D eigenvalue weighted by Crippen LogP contribution is -2.43. The Bertz CT molecular complexity index is 486. The minimum atomic E-state index is -1.00. The zero-order chi connectivity index (χ0) is 15.8. The van der Waals surface area contributed by atoms with E-state index in [1.807, 2.05) is 45.0 Å². The van der Waals surface area contributed by atoms with E-state index < -0.39 is 18.0 Å². The van der Waals surface area contributed by atoms with Crippen LogP contribution in [0.25, 0.3) is 0 Å². The number of hydrogen-bond donors (Lipinski definition) is 3. The second-order valence-electron chi connectivity index (χ2n) is 5.37. The van der Waals surface area contributed by atoms with Crippen molar-refractivity contribution in [2.75, 3.05) is 5.32 Å². The summed E-state index contributed by atoms with van der Waals surface area (Å²) in [5, 5.41) is 14.4. The molecule has 0 spiro atoms. The molecule has 0 aliphatic carbocycles. The molecule has 3 N–H and O–H groups in total. The van der Waals surface area contributed by atoms with Gasteiger partial charge in [0, 0.05) is 5.69 Å². The number of rotatable bonds is 7. The van der Waals surface area contributed by atoms with Crippen molar-refractivity contribution in [2.24, 2.45) is 0 Å². The highest BCUT2D eigenvalue weighted by Crippen LogP contribution is 2.23. The minimum absolute atomic E-state index is 0.275. The average molecular weight is 292 g/mol. The van der Waals surface area contributed by atoms with Gasteiger partial charge in [-0.05, 0) is 24.0 Å². The van der Waals surface area contributed by atoms with Crippen LogP contribution in [0.3, 0.4) is 0 Å². The number of urea groups is 1. The number of amides is 2. The van der Waals surface area contributed by atoms with E-state index in [1.54, 1.807) is 0 Å². The number of unbranched alkanes of at least 4 members (excludes halogenated alkanes) is 1. The molecule has 0 radical (unpaired) electrons. The Morgan fingerprint density at radius 2 is 1.90 bits per heavy atom. The maximum atomic E-state index is 12.0. The molecule has 21 heavy (non-hydrogen) atoms. The van der Waals surface area contributed by atoms with Gasteiger partial charge >= 0.3 is 12.0 Å². The van der Waals surface area contributed by atoms with Gasteiger partial charge in [-0.25, -0.2) is 9.59 Å². The first kappa shape index (κ1) is 17.0. The molecular formula is C16H24N2O3. The quantitative estimate of drug-likeness (QED) is 0.718. The maximum Gasteiger partial charge on any atom is 0.326 e. The summed E-state index contributed by atoms with van der Waals surface area (Å²) < 4.78 is 0. The normalized spacial score (nSPS) is 12.0. The number of benzene rings is 1. The summed E-state index contributed by atoms with van der Waals surface area (Å²) in [6.45, 7) is 6.07. The average Bonchev–Trinajstić information content (AvgIpc) is 2.43. The van der Waals surface area contributed by atoms with Gasteiger partial charge in [-0.15, -0.1) is 0 Å². The highest BCUT2D eigenvalue weighted by atomic mass is 16.4. The molecule has 5 heteroatoms. The molecule has 0 heterocycles. The van der Waals surface area contributed by atoms with E-state index >= 15 is 0 Å². The number of carbonyl (C=O) groups excluding carboxylic acids is 1. The molecule has 0 aliphatic rings. The third-order valence-corrected chi connectivity index (χ3v) is 3.28. The van der Waals surface area contributed by atoms with Gasteiger partial charge in [0.15, 0.2) is 0 Å². The summed E-state index contributed by atoms with van der Waals surface area (Å²) in [4.78, 5) is 23.1. The van der Waals surface area contributed by atoms with Crippen molar-refractivity contribution < 1.29 is 14.7 Å². The summed E-state index contributed by atoms with van der Waals surface area (Å²) in [7, 11) is 0. The molecule has 1 aromatic rings. The Kier molecular flexibility index (Phi) is 6.72. The van der Waals surface area contributed by atoms with Gasteiger partial charge in [0.05, 0.1) is 0 Å². The van der Waals surface area contributed by atoms with E-state index in [-0.39, 0.29) is 5.92 Å². The molecule has 0 saturated carbocycles. The lowest BCUT2D eigenvalue weighted by Gasteiger charge is -2.17. The van der Waals surface area contributed by atoms with Gasteiger partial charge in [-0.1, -0.05) is 51.8 Å². The molecule has 0 bridgehead atoms. The summed E-state index contributed by atoms with van der Waals surface area (Å²) in [6, 6.07) is 6.19. The number of nitrogens with one attached hydrogen (secondary N) is 2. The Hall–Kier alpha value is -2.04. The predicted molar refractivity (Wildman–Crippen MR) is 83.6 cm³/mol. The lowest BCUT2D eigenvalue weighted by molar-refractivity contribution is -0.139. The Morgan fingerprint density at radius 3 is 2.48 bits per heavy atom. The van der Waals surface area contributed by atoms with Crippen LogP contribution in [0.1, 0.15) is 51.5 Å². The van der Waals surface area contributed by atoms with Crippen LogP contribution in [0.5, 0.6) is 0 Å². The maximum absolute atomic E-state index is 12.0. The Balaban J connectivity index is 2.70. The Labute approximate surface area is 125 Å². The summed E-state index contributed by atoms with van der Waals surface area (Å²) in [5.74, 6) is -0.729. The van der Waals surface area contributed by atoms with Crippen LogP contribution in [-0.2, 0) is 4.79 Å². The fraction of sp³-hybridized carbons (Fsp3) is 0.500. The molecule has 1 aromatic carbocycles. The van der Waals surface area contributed by atoms with E-state index in [4.69, 9.17) is 5.11 Å². The number of carboxylic acids is 1. The first-order valence-corrected chi connectivity index (χ1v) is 7.35. The summed E-state index contributed by atoms with van der Waals surface area (Å²) >= 11 is 0. The van der Waals surface area contributed by atoms with Crippen molar-refractivity contribution in [1.82, 2.24) is 5.32 Å². The number of anilines is 1. The standard InChI is InChI=1S/C16H24N2O3/c1-4-5-9-14(15(19)20)18-16(21)17-13-10-7-6-8-12(13)11(2)3/h6-8,10-11,14H,4-5,9H2,1-3H3,(H,19,20)(H2,17,18,21). The minimum Gasteiger partial charge on any atom is -0.480 e. The van der Waals surface area contributed by atoms with Crippen LogP contribution in [0.4, 0.5) is 10.5 Å². The van der Waals surface area contributed by atoms with Gasteiger partial charge in [-0.3, -0.25) is 0 Å². The van der Waals surface area contributed by atoms with Gasteiger partial charge in [0.1, 0.15) is 6.04 Å². The monoisotopic (exact) mass is 292 g/mol. The topological polar surface area (TPSA) is 78.4 Å². The van der Waals surface area contributed by atoms with Crippen molar-refractivity contribution in [3.63, 3.8) is 0 Å². The van der Waals surface area contributed by atoms with E-state index in [0.29, 0.717) is 12.1 Å². The SMILES string of the molecule is CCCCC(NC(=O)Nc1ccccc1C(C)C)C(=O)O. The molecule has 116 valence electrons. The third kappa shape index (κ3) is 5.45. The van der Waals surface area contributed by atoms with Crippen molar-refractivity contribution in [2.45, 2.75) is 52.0 Å². The molecule has 0 aromatic heterocycles. The number of aliphatic carboxylic acids is 1. The van der Waals surface area contributed by atoms with Crippen LogP contribution in [0.2, 0.25) is 0 Å². The predicted octanol–water partition coefficient (Wildman–Crippen LogP) is 3.57. The molecule has 5 nitrogen and oxygen atoms in total. The molecule has 1 atom stereocenters. The van der Waals surface area contributed by atoms with E-state index in [1.165, 1.54) is 0 Å². The largest absolute Gasteiger partial charge is 0.480 e. The van der Waals surface area contributed by atoms with Crippen LogP contribution in [0.15, 0.2) is 24.3 Å². The molecule has 0 saturated heterocycles. The molecule has 1 unspecified atom stereocenters. The smallest absolute Gasteiger partial charge is 0.326 e. The van der Waals surface area contributed by atoms with E-state index in [2.05, 4.69) is 10.6 Å². The number of carbonyl (C=O) groups is 2. The van der Waals surface area contributed by atoms with Gasteiger partial charge in [0.25, 0.3) is 0 Å². The van der Waals surface area contributed by atoms with Crippen LogP contribution in [-0.4, -0.2) is 23.1 Å². The van der Waals surface area contributed by atoms with Crippen LogP contribution < -0.4 is 10.6 Å². The zero-order valence-electron chi connectivity index (χ0n) is 12.8. The zero-order valence-corrected chi connectivity index (χ0v) is 12.8. The number of para-hydroxylation sites is 1.